The molecule has 0 spiro atoms. The standard InChI is InChI=1S/C10H11NO2S2/c1-2-8-10(15(11,12)13)7-5-3-4-6-9(7)14-8/h3-6H,2H2,1H3,(H2,11,12,13). The average Bonchev–Trinajstić information content (AvgIpc) is 2.54. The van der Waals surface area contributed by atoms with Gasteiger partial charge in [0.05, 0.1) is 0 Å². The van der Waals surface area contributed by atoms with Gasteiger partial charge in [-0.05, 0) is 12.5 Å². The van der Waals surface area contributed by atoms with Gasteiger partial charge in [-0.1, -0.05) is 25.1 Å². The van der Waals surface area contributed by atoms with E-state index in [0.29, 0.717) is 11.3 Å². The van der Waals surface area contributed by atoms with Crippen molar-refractivity contribution in [1.82, 2.24) is 0 Å². The van der Waals surface area contributed by atoms with Crippen molar-refractivity contribution >= 4 is 31.4 Å². The summed E-state index contributed by atoms with van der Waals surface area (Å²) >= 11 is 1.49. The molecule has 1 aromatic carbocycles. The fourth-order valence-electron chi connectivity index (χ4n) is 1.62. The molecule has 0 saturated carbocycles. The van der Waals surface area contributed by atoms with Crippen LogP contribution in [0.3, 0.4) is 0 Å². The van der Waals surface area contributed by atoms with E-state index in [4.69, 9.17) is 5.14 Å². The van der Waals surface area contributed by atoms with Crippen LogP contribution in [-0.2, 0) is 16.4 Å². The van der Waals surface area contributed by atoms with Gasteiger partial charge >= 0.3 is 0 Å². The summed E-state index contributed by atoms with van der Waals surface area (Å²) in [6.07, 6.45) is 0.686. The van der Waals surface area contributed by atoms with Crippen LogP contribution in [0, 0.1) is 0 Å². The van der Waals surface area contributed by atoms with E-state index in [9.17, 15) is 8.42 Å². The number of thiophene rings is 1. The zero-order valence-electron chi connectivity index (χ0n) is 8.23. The molecule has 1 aromatic heterocycles. The first kappa shape index (κ1) is 10.6. The van der Waals surface area contributed by atoms with Gasteiger partial charge < -0.3 is 0 Å². The first-order valence-corrected chi connectivity index (χ1v) is 6.93. The Morgan fingerprint density at radius 3 is 2.60 bits per heavy atom. The van der Waals surface area contributed by atoms with Gasteiger partial charge in [-0.25, -0.2) is 13.6 Å². The number of aryl methyl sites for hydroxylation is 1. The topological polar surface area (TPSA) is 60.2 Å². The number of sulfonamides is 1. The number of primary sulfonamides is 1. The molecule has 0 atom stereocenters. The minimum absolute atomic E-state index is 0.297. The zero-order valence-corrected chi connectivity index (χ0v) is 9.86. The van der Waals surface area contributed by atoms with Crippen molar-refractivity contribution in [3.8, 4) is 0 Å². The lowest BCUT2D eigenvalue weighted by molar-refractivity contribution is 0.598. The minimum atomic E-state index is -3.62. The highest BCUT2D eigenvalue weighted by Gasteiger charge is 2.19. The molecule has 0 amide bonds. The summed E-state index contributed by atoms with van der Waals surface area (Å²) < 4.78 is 23.9. The first-order valence-electron chi connectivity index (χ1n) is 4.57. The SMILES string of the molecule is CCc1sc2ccccc2c1S(N)(=O)=O. The largest absolute Gasteiger partial charge is 0.239 e. The summed E-state index contributed by atoms with van der Waals surface area (Å²) in [5.41, 5.74) is 0. The van der Waals surface area contributed by atoms with Crippen LogP contribution < -0.4 is 5.14 Å². The first-order chi connectivity index (χ1) is 7.04. The Balaban J connectivity index is 2.91. The van der Waals surface area contributed by atoms with Crippen LogP contribution in [0.2, 0.25) is 0 Å². The molecule has 0 aliphatic heterocycles. The lowest BCUT2D eigenvalue weighted by Gasteiger charge is -1.98. The maximum Gasteiger partial charge on any atom is 0.239 e. The predicted octanol–water partition coefficient (Wildman–Crippen LogP) is 2.11. The van der Waals surface area contributed by atoms with Crippen molar-refractivity contribution in [2.24, 2.45) is 5.14 Å². The summed E-state index contributed by atoms with van der Waals surface area (Å²) in [7, 11) is -3.62. The van der Waals surface area contributed by atoms with Crippen LogP contribution in [0.15, 0.2) is 29.2 Å². The minimum Gasteiger partial charge on any atom is -0.225 e. The Kier molecular flexibility index (Phi) is 2.54. The van der Waals surface area contributed by atoms with Crippen molar-refractivity contribution in [1.29, 1.82) is 0 Å². The van der Waals surface area contributed by atoms with E-state index in [0.717, 1.165) is 15.0 Å². The number of benzene rings is 1. The van der Waals surface area contributed by atoms with Gasteiger partial charge in [0.2, 0.25) is 10.0 Å². The predicted molar refractivity (Wildman–Crippen MR) is 62.6 cm³/mol. The summed E-state index contributed by atoms with van der Waals surface area (Å²) in [6, 6.07) is 7.42. The number of hydrogen-bond acceptors (Lipinski definition) is 3. The highest BCUT2D eigenvalue weighted by molar-refractivity contribution is 7.89. The third kappa shape index (κ3) is 1.78. The van der Waals surface area contributed by atoms with Crippen LogP contribution in [0.25, 0.3) is 10.1 Å². The van der Waals surface area contributed by atoms with E-state index >= 15 is 0 Å². The second-order valence-corrected chi connectivity index (χ2v) is 5.88. The molecule has 3 nitrogen and oxygen atoms in total. The summed E-state index contributed by atoms with van der Waals surface area (Å²) in [6.45, 7) is 1.93. The second-order valence-electron chi connectivity index (χ2n) is 3.25. The highest BCUT2D eigenvalue weighted by Crippen LogP contribution is 2.33. The molecular weight excluding hydrogens is 230 g/mol. The van der Waals surface area contributed by atoms with Crippen LogP contribution in [0.1, 0.15) is 11.8 Å². The molecule has 0 unspecified atom stereocenters. The molecule has 15 heavy (non-hydrogen) atoms. The number of hydrogen-bond donors (Lipinski definition) is 1. The Labute approximate surface area is 92.6 Å². The molecule has 80 valence electrons. The third-order valence-electron chi connectivity index (χ3n) is 2.22. The molecule has 2 aromatic rings. The molecule has 0 bridgehead atoms. The summed E-state index contributed by atoms with van der Waals surface area (Å²) in [5.74, 6) is 0. The van der Waals surface area contributed by atoms with E-state index in [1.807, 2.05) is 25.1 Å². The van der Waals surface area contributed by atoms with Gasteiger partial charge in [0, 0.05) is 15.0 Å². The van der Waals surface area contributed by atoms with Crippen molar-refractivity contribution in [3.05, 3.63) is 29.1 Å². The molecule has 0 aliphatic rings. The summed E-state index contributed by atoms with van der Waals surface area (Å²) in [5, 5.41) is 5.96. The van der Waals surface area contributed by atoms with Crippen LogP contribution >= 0.6 is 11.3 Å². The van der Waals surface area contributed by atoms with Crippen LogP contribution in [0.4, 0.5) is 0 Å². The molecule has 0 saturated heterocycles. The molecule has 5 heteroatoms. The Morgan fingerprint density at radius 2 is 2.00 bits per heavy atom. The van der Waals surface area contributed by atoms with Gasteiger partial charge in [0.25, 0.3) is 0 Å². The van der Waals surface area contributed by atoms with Gasteiger partial charge in [-0.3, -0.25) is 0 Å². The maximum atomic E-state index is 11.5. The normalized spacial score (nSPS) is 12.1. The van der Waals surface area contributed by atoms with E-state index in [2.05, 4.69) is 0 Å². The molecular formula is C10H11NO2S2. The smallest absolute Gasteiger partial charge is 0.225 e. The molecule has 0 aliphatic carbocycles. The fourth-order valence-corrected chi connectivity index (χ4v) is 4.14. The molecule has 0 radical (unpaired) electrons. The zero-order chi connectivity index (χ0) is 11.1. The molecule has 1 heterocycles. The fraction of sp³-hybridized carbons (Fsp3) is 0.200. The molecule has 2 N–H and O–H groups in total. The highest BCUT2D eigenvalue weighted by atomic mass is 32.2. The van der Waals surface area contributed by atoms with Gasteiger partial charge in [-0.2, -0.15) is 0 Å². The maximum absolute atomic E-state index is 11.5. The number of nitrogens with two attached hydrogens (primary N) is 1. The number of rotatable bonds is 2. The third-order valence-corrected chi connectivity index (χ3v) is 4.70. The summed E-state index contributed by atoms with van der Waals surface area (Å²) in [4.78, 5) is 1.13. The van der Waals surface area contributed by atoms with Gasteiger partial charge in [0.1, 0.15) is 4.90 Å². The van der Waals surface area contributed by atoms with Crippen molar-refractivity contribution in [3.63, 3.8) is 0 Å². The molecule has 0 fully saturated rings. The Morgan fingerprint density at radius 1 is 1.33 bits per heavy atom. The van der Waals surface area contributed by atoms with Gasteiger partial charge in [-0.15, -0.1) is 11.3 Å². The van der Waals surface area contributed by atoms with E-state index < -0.39 is 10.0 Å². The monoisotopic (exact) mass is 241 g/mol. The van der Waals surface area contributed by atoms with Crippen molar-refractivity contribution in [2.75, 3.05) is 0 Å². The van der Waals surface area contributed by atoms with E-state index in [-0.39, 0.29) is 0 Å². The number of fused-ring (bicyclic) bond motifs is 1. The van der Waals surface area contributed by atoms with Crippen LogP contribution in [-0.4, -0.2) is 8.42 Å². The lowest BCUT2D eigenvalue weighted by atomic mass is 10.2. The van der Waals surface area contributed by atoms with Crippen molar-refractivity contribution < 1.29 is 8.42 Å². The van der Waals surface area contributed by atoms with Gasteiger partial charge in [0.15, 0.2) is 0 Å². The Hall–Kier alpha value is -0.910. The molecule has 2 rings (SSSR count). The van der Waals surface area contributed by atoms with E-state index in [1.165, 1.54) is 11.3 Å². The lowest BCUT2D eigenvalue weighted by Crippen LogP contribution is -2.13. The average molecular weight is 241 g/mol. The van der Waals surface area contributed by atoms with Crippen molar-refractivity contribution in [2.45, 2.75) is 18.2 Å². The Bertz CT molecular complexity index is 599. The van der Waals surface area contributed by atoms with Crippen LogP contribution in [0.5, 0.6) is 0 Å². The second kappa shape index (κ2) is 3.59. The van der Waals surface area contributed by atoms with E-state index in [1.54, 1.807) is 6.07 Å². The quantitative estimate of drug-likeness (QED) is 0.875.